The first-order valence-corrected chi connectivity index (χ1v) is 21.7. The molecule has 17 heteroatoms. The molecule has 2 aromatic heterocycles. The Morgan fingerprint density at radius 1 is 1.03 bits per heavy atom. The van der Waals surface area contributed by atoms with Crippen molar-refractivity contribution in [3.05, 3.63) is 75.7 Å². The van der Waals surface area contributed by atoms with E-state index in [0.717, 1.165) is 49.5 Å². The molecule has 10 nitrogen and oxygen atoms in total. The quantitative estimate of drug-likeness (QED) is 0.130. The largest absolute Gasteiger partial charge is 0.490 e. The number of benzene rings is 1. The molecule has 1 aromatic carbocycles. The number of nitriles is 1. The topological polar surface area (TPSA) is 125 Å². The average Bonchev–Trinajstić information content (AvgIpc) is 4.09. The molecular formula is C44H46F6N4O6S. The van der Waals surface area contributed by atoms with Crippen LogP contribution in [0.2, 0.25) is 0 Å². The van der Waals surface area contributed by atoms with Crippen molar-refractivity contribution in [2.45, 2.75) is 126 Å². The maximum atomic E-state index is 15.3. The van der Waals surface area contributed by atoms with Gasteiger partial charge in [-0.2, -0.15) is 31.6 Å². The molecule has 0 radical (unpaired) electrons. The summed E-state index contributed by atoms with van der Waals surface area (Å²) in [5.74, 6) is -1.90. The highest BCUT2D eigenvalue weighted by molar-refractivity contribution is 7.10. The Hall–Kier alpha value is -4.85. The fourth-order valence-corrected chi connectivity index (χ4v) is 11.1. The molecule has 1 spiro atoms. The maximum absolute atomic E-state index is 15.3. The number of epoxide rings is 1. The molecule has 326 valence electrons. The summed E-state index contributed by atoms with van der Waals surface area (Å²) < 4.78 is 103. The van der Waals surface area contributed by atoms with Gasteiger partial charge in [0.05, 0.1) is 34.3 Å². The molecule has 3 aliphatic heterocycles. The van der Waals surface area contributed by atoms with Crippen LogP contribution in [0.15, 0.2) is 54.2 Å². The third-order valence-electron chi connectivity index (χ3n) is 13.9. The van der Waals surface area contributed by atoms with E-state index in [1.54, 1.807) is 6.07 Å². The predicted molar refractivity (Wildman–Crippen MR) is 208 cm³/mol. The van der Waals surface area contributed by atoms with Crippen molar-refractivity contribution >= 4 is 29.1 Å². The number of rotatable bonds is 12. The second kappa shape index (κ2) is 15.5. The predicted octanol–water partition coefficient (Wildman–Crippen LogP) is 9.13. The molecule has 3 saturated heterocycles. The lowest BCUT2D eigenvalue weighted by atomic mass is 9.63. The van der Waals surface area contributed by atoms with E-state index in [2.05, 4.69) is 11.1 Å². The second-order valence-corrected chi connectivity index (χ2v) is 18.2. The molecule has 2 saturated carbocycles. The van der Waals surface area contributed by atoms with Crippen molar-refractivity contribution in [2.24, 2.45) is 11.3 Å². The van der Waals surface area contributed by atoms with Crippen molar-refractivity contribution in [3.8, 4) is 17.6 Å². The van der Waals surface area contributed by atoms with E-state index in [1.165, 1.54) is 9.80 Å². The van der Waals surface area contributed by atoms with Crippen molar-refractivity contribution in [1.29, 1.82) is 5.26 Å². The Morgan fingerprint density at radius 2 is 1.75 bits per heavy atom. The summed E-state index contributed by atoms with van der Waals surface area (Å²) in [6.45, 7) is 3.83. The van der Waals surface area contributed by atoms with Crippen molar-refractivity contribution in [1.82, 2.24) is 14.8 Å². The fourth-order valence-electron chi connectivity index (χ4n) is 10.4. The highest BCUT2D eigenvalue weighted by atomic mass is 32.1. The Labute approximate surface area is 353 Å². The van der Waals surface area contributed by atoms with Gasteiger partial charge in [-0.1, -0.05) is 38.0 Å². The first-order chi connectivity index (χ1) is 28.9. The molecule has 3 aromatic rings. The van der Waals surface area contributed by atoms with Crippen molar-refractivity contribution < 1.29 is 54.9 Å². The summed E-state index contributed by atoms with van der Waals surface area (Å²) in [5.41, 5.74) is -5.96. The van der Waals surface area contributed by atoms with E-state index in [4.69, 9.17) is 14.2 Å². The van der Waals surface area contributed by atoms with Gasteiger partial charge in [0.1, 0.15) is 16.4 Å². The van der Waals surface area contributed by atoms with Crippen LogP contribution in [0.1, 0.15) is 111 Å². The van der Waals surface area contributed by atoms with Crippen LogP contribution in [0.25, 0.3) is 0 Å². The average molecular weight is 873 g/mol. The number of hydrogen-bond donors (Lipinski definition) is 0. The first-order valence-electron chi connectivity index (χ1n) is 20.8. The van der Waals surface area contributed by atoms with Gasteiger partial charge in [0, 0.05) is 60.9 Å². The highest BCUT2D eigenvalue weighted by Crippen LogP contribution is 2.63. The number of pyridine rings is 1. The summed E-state index contributed by atoms with van der Waals surface area (Å²) in [6, 6.07) is 11.3. The molecular weight excluding hydrogens is 827 g/mol. The minimum Gasteiger partial charge on any atom is -0.490 e. The van der Waals surface area contributed by atoms with Gasteiger partial charge in [0.2, 0.25) is 11.7 Å². The van der Waals surface area contributed by atoms with Crippen LogP contribution in [0, 0.1) is 22.7 Å². The number of piperidine rings is 2. The van der Waals surface area contributed by atoms with E-state index in [1.807, 2.05) is 32.0 Å². The van der Waals surface area contributed by atoms with Crippen LogP contribution in [-0.4, -0.2) is 75.5 Å². The molecule has 8 rings (SSSR count). The molecule has 2 aliphatic carbocycles. The van der Waals surface area contributed by atoms with Gasteiger partial charge < -0.3 is 24.0 Å². The Morgan fingerprint density at radius 3 is 2.34 bits per heavy atom. The second-order valence-electron chi connectivity index (χ2n) is 17.3. The van der Waals surface area contributed by atoms with Gasteiger partial charge in [-0.05, 0) is 76.3 Å². The van der Waals surface area contributed by atoms with E-state index < -0.39 is 62.6 Å². The Kier molecular flexibility index (Phi) is 10.9. The number of hydrogen-bond acceptors (Lipinski definition) is 9. The van der Waals surface area contributed by atoms with E-state index in [9.17, 15) is 41.2 Å². The molecule has 0 N–H and O–H groups in total. The summed E-state index contributed by atoms with van der Waals surface area (Å²) in [4.78, 5) is 47.2. The molecule has 5 heterocycles. The molecule has 5 atom stereocenters. The smallest absolute Gasteiger partial charge is 0.425 e. The van der Waals surface area contributed by atoms with E-state index in [-0.39, 0.29) is 81.1 Å². The van der Waals surface area contributed by atoms with Crippen molar-refractivity contribution in [3.63, 3.8) is 0 Å². The van der Waals surface area contributed by atoms with Gasteiger partial charge in [-0.25, -0.2) is 4.79 Å². The van der Waals surface area contributed by atoms with E-state index in [0.29, 0.717) is 41.6 Å². The standard InChI is InChI=1S/C44H46F6N4O6S/c1-3-28-23-41(28)42(60-29-22-34(61-25-29)44(48,49)50,14-7-19-54(41)36(55)30-24-52-18-11-31(30)43(45,46)47)38(57)53-20-16-40(26-51,17-21-53)32-8-4-5-9-33(32)58-27(2)10-15-39(12-6-13-39)35-37(56)59-35/h4-5,8-9,11,18,22,24-25,27-28,35H,3,6-7,10,12-17,19-21,23H2,1-2H3/t27?,28-,35?,41?,42-/m1/s1. The number of amides is 2. The number of thiophene rings is 1. The number of nitrogens with zero attached hydrogens (tertiary/aromatic N) is 4. The lowest BCUT2D eigenvalue weighted by Gasteiger charge is -2.52. The SMILES string of the molecule is CC[C@@H]1CC12N(C(=O)c1cnccc1C(F)(F)F)CCC[C@@]2(Oc1csc(C(F)(F)F)c1)C(=O)N1CCC(C#N)(c2ccccc2OC(C)CCC2(C3OC3=O)CCC2)CC1. The zero-order chi connectivity index (χ0) is 43.6. The van der Waals surface area contributed by atoms with Crippen LogP contribution < -0.4 is 9.47 Å². The first kappa shape index (κ1) is 42.8. The van der Waals surface area contributed by atoms with Crippen LogP contribution in [0.5, 0.6) is 11.5 Å². The zero-order valence-corrected chi connectivity index (χ0v) is 34.6. The number of alkyl halides is 6. The van der Waals surface area contributed by atoms with Crippen LogP contribution >= 0.6 is 11.3 Å². The summed E-state index contributed by atoms with van der Waals surface area (Å²) in [5, 5.41) is 12.0. The Balaban J connectivity index is 1.08. The van der Waals surface area contributed by atoms with Crippen LogP contribution in [0.4, 0.5) is 26.3 Å². The molecule has 5 fully saturated rings. The van der Waals surface area contributed by atoms with E-state index >= 15 is 4.79 Å². The number of aromatic nitrogens is 1. The van der Waals surface area contributed by atoms with Crippen molar-refractivity contribution in [2.75, 3.05) is 19.6 Å². The number of cyclic esters (lactones) is 1. The lowest BCUT2D eigenvalue weighted by Crippen LogP contribution is -2.71. The van der Waals surface area contributed by atoms with Gasteiger partial charge >= 0.3 is 18.3 Å². The zero-order valence-electron chi connectivity index (χ0n) is 33.7. The van der Waals surface area contributed by atoms with Crippen LogP contribution in [0.3, 0.4) is 0 Å². The Bertz CT molecular complexity index is 2230. The normalized spacial score (nSPS) is 27.0. The van der Waals surface area contributed by atoms with Gasteiger partial charge in [-0.3, -0.25) is 14.6 Å². The molecule has 5 aliphatic rings. The minimum absolute atomic E-state index is 0.0146. The number of ether oxygens (including phenoxy) is 3. The summed E-state index contributed by atoms with van der Waals surface area (Å²) in [7, 11) is 0. The maximum Gasteiger partial charge on any atom is 0.425 e. The lowest BCUT2D eigenvalue weighted by molar-refractivity contribution is -0.164. The molecule has 3 unspecified atom stereocenters. The monoisotopic (exact) mass is 872 g/mol. The minimum atomic E-state index is -4.90. The number of halogens is 6. The third-order valence-corrected chi connectivity index (χ3v) is 14.9. The number of carbonyl (C=O) groups excluding carboxylic acids is 3. The van der Waals surface area contributed by atoms with Gasteiger partial charge in [0.15, 0.2) is 0 Å². The molecule has 0 bridgehead atoms. The fraction of sp³-hybridized carbons (Fsp3) is 0.568. The number of para-hydroxylation sites is 1. The van der Waals surface area contributed by atoms with Gasteiger partial charge in [0.25, 0.3) is 11.8 Å². The van der Waals surface area contributed by atoms with Gasteiger partial charge in [-0.15, -0.1) is 11.3 Å². The highest BCUT2D eigenvalue weighted by Gasteiger charge is 2.76. The number of likely N-dealkylation sites (tertiary alicyclic amines) is 2. The number of carbonyl (C=O) groups is 3. The summed E-state index contributed by atoms with van der Waals surface area (Å²) >= 11 is 0.389. The van der Waals surface area contributed by atoms with Crippen LogP contribution in [-0.2, 0) is 32.1 Å². The summed E-state index contributed by atoms with van der Waals surface area (Å²) in [6.07, 6.45) is -3.11. The third kappa shape index (κ3) is 7.39. The molecule has 61 heavy (non-hydrogen) atoms. The molecule has 2 amide bonds.